The minimum absolute atomic E-state index is 0.129. The van der Waals surface area contributed by atoms with Crippen molar-refractivity contribution in [2.75, 3.05) is 41.0 Å². The van der Waals surface area contributed by atoms with E-state index in [0.717, 1.165) is 61.2 Å². The molecule has 0 aromatic heterocycles. The predicted octanol–water partition coefficient (Wildman–Crippen LogP) is 3.48. The van der Waals surface area contributed by atoms with Crippen LogP contribution in [0.2, 0.25) is 0 Å². The molecule has 0 aliphatic carbocycles. The molecule has 1 fully saturated rings. The van der Waals surface area contributed by atoms with Crippen LogP contribution >= 0.6 is 0 Å². The number of aryl methyl sites for hydroxylation is 2. The molecular formula is C25H35N3O4. The quantitative estimate of drug-likeness (QED) is 0.334. The Morgan fingerprint density at radius 2 is 1.91 bits per heavy atom. The summed E-state index contributed by atoms with van der Waals surface area (Å²) in [7, 11) is 5.09. The van der Waals surface area contributed by atoms with Crippen LogP contribution in [0.25, 0.3) is 0 Å². The number of benzene rings is 2. The van der Waals surface area contributed by atoms with Gasteiger partial charge in [0.1, 0.15) is 11.9 Å². The van der Waals surface area contributed by atoms with Crippen LogP contribution in [-0.2, 0) is 17.7 Å². The smallest absolute Gasteiger partial charge is 0.191 e. The zero-order valence-electron chi connectivity index (χ0n) is 19.6. The second-order valence-electron chi connectivity index (χ2n) is 7.86. The van der Waals surface area contributed by atoms with Gasteiger partial charge in [-0.1, -0.05) is 18.2 Å². The summed E-state index contributed by atoms with van der Waals surface area (Å²) in [6, 6.07) is 12.4. The zero-order valence-corrected chi connectivity index (χ0v) is 19.6. The lowest BCUT2D eigenvalue weighted by molar-refractivity contribution is 0.140. The van der Waals surface area contributed by atoms with Crippen LogP contribution in [-0.4, -0.2) is 53.1 Å². The van der Waals surface area contributed by atoms with Gasteiger partial charge in [0.2, 0.25) is 0 Å². The van der Waals surface area contributed by atoms with Gasteiger partial charge in [-0.05, 0) is 49.1 Å². The summed E-state index contributed by atoms with van der Waals surface area (Å²) in [5, 5.41) is 6.78. The van der Waals surface area contributed by atoms with E-state index < -0.39 is 0 Å². The fourth-order valence-electron chi connectivity index (χ4n) is 3.64. The van der Waals surface area contributed by atoms with Crippen molar-refractivity contribution < 1.29 is 18.9 Å². The van der Waals surface area contributed by atoms with Crippen LogP contribution in [0.3, 0.4) is 0 Å². The molecule has 2 aromatic carbocycles. The highest BCUT2D eigenvalue weighted by molar-refractivity contribution is 5.79. The lowest BCUT2D eigenvalue weighted by Crippen LogP contribution is -2.37. The van der Waals surface area contributed by atoms with E-state index in [1.807, 2.05) is 12.1 Å². The van der Waals surface area contributed by atoms with Crippen molar-refractivity contribution in [1.82, 2.24) is 10.6 Å². The topological polar surface area (TPSA) is 73.3 Å². The SMILES string of the molecule is CN=C(NCCCc1ccc(OC)c(OC)c1)NCc1ccc(C)cc1OC1CCOC1. The van der Waals surface area contributed by atoms with Crippen molar-refractivity contribution in [3.63, 3.8) is 0 Å². The molecule has 0 bridgehead atoms. The van der Waals surface area contributed by atoms with Crippen LogP contribution in [0.4, 0.5) is 0 Å². The van der Waals surface area contributed by atoms with Gasteiger partial charge in [0.15, 0.2) is 17.5 Å². The van der Waals surface area contributed by atoms with E-state index in [2.05, 4.69) is 46.8 Å². The molecule has 1 atom stereocenters. The molecule has 1 aliphatic rings. The van der Waals surface area contributed by atoms with Crippen molar-refractivity contribution in [2.24, 2.45) is 4.99 Å². The van der Waals surface area contributed by atoms with Crippen molar-refractivity contribution in [3.8, 4) is 17.2 Å². The largest absolute Gasteiger partial charge is 0.493 e. The normalized spacial score (nSPS) is 16.0. The average Bonchev–Trinajstić information content (AvgIpc) is 3.32. The molecule has 0 saturated carbocycles. The third-order valence-corrected chi connectivity index (χ3v) is 5.46. The zero-order chi connectivity index (χ0) is 22.8. The van der Waals surface area contributed by atoms with Crippen LogP contribution < -0.4 is 24.8 Å². The van der Waals surface area contributed by atoms with E-state index >= 15 is 0 Å². The van der Waals surface area contributed by atoms with E-state index in [1.54, 1.807) is 21.3 Å². The van der Waals surface area contributed by atoms with Gasteiger partial charge in [0.05, 0.1) is 27.4 Å². The summed E-state index contributed by atoms with van der Waals surface area (Å²) in [5.74, 6) is 3.19. The Morgan fingerprint density at radius 3 is 2.62 bits per heavy atom. The Bertz CT molecular complexity index is 895. The Morgan fingerprint density at radius 1 is 1.06 bits per heavy atom. The summed E-state index contributed by atoms with van der Waals surface area (Å²) < 4.78 is 22.3. The molecule has 2 N–H and O–H groups in total. The lowest BCUT2D eigenvalue weighted by Gasteiger charge is -2.18. The first-order valence-corrected chi connectivity index (χ1v) is 11.1. The first-order valence-electron chi connectivity index (χ1n) is 11.1. The van der Waals surface area contributed by atoms with E-state index in [9.17, 15) is 0 Å². The van der Waals surface area contributed by atoms with Gasteiger partial charge in [0.25, 0.3) is 0 Å². The second kappa shape index (κ2) is 12.2. The van der Waals surface area contributed by atoms with Gasteiger partial charge in [-0.3, -0.25) is 4.99 Å². The molecule has 1 unspecified atom stereocenters. The van der Waals surface area contributed by atoms with E-state index in [1.165, 1.54) is 11.1 Å². The highest BCUT2D eigenvalue weighted by Gasteiger charge is 2.18. The number of rotatable bonds is 10. The molecule has 2 aromatic rings. The number of nitrogens with one attached hydrogen (secondary N) is 2. The number of guanidine groups is 1. The standard InChI is InChI=1S/C25H35N3O4/c1-18-7-9-20(23(14-18)32-21-11-13-31-17-21)16-28-25(26-2)27-12-5-6-19-8-10-22(29-3)24(15-19)30-4/h7-10,14-15,21H,5-6,11-13,16-17H2,1-4H3,(H2,26,27,28). The first kappa shape index (κ1) is 23.7. The van der Waals surface area contributed by atoms with E-state index in [-0.39, 0.29) is 6.10 Å². The minimum atomic E-state index is 0.129. The number of methoxy groups -OCH3 is 2. The van der Waals surface area contributed by atoms with E-state index in [0.29, 0.717) is 13.2 Å². The molecular weight excluding hydrogens is 406 g/mol. The Labute approximate surface area is 191 Å². The monoisotopic (exact) mass is 441 g/mol. The van der Waals surface area contributed by atoms with Crippen LogP contribution in [0.15, 0.2) is 41.4 Å². The molecule has 1 saturated heterocycles. The Balaban J connectivity index is 1.47. The molecule has 3 rings (SSSR count). The van der Waals surface area contributed by atoms with Crippen molar-refractivity contribution in [2.45, 2.75) is 38.8 Å². The fourth-order valence-corrected chi connectivity index (χ4v) is 3.64. The molecule has 32 heavy (non-hydrogen) atoms. The number of aliphatic imine (C=N–C) groups is 1. The molecule has 0 spiro atoms. The van der Waals surface area contributed by atoms with Gasteiger partial charge >= 0.3 is 0 Å². The number of hydrogen-bond donors (Lipinski definition) is 2. The van der Waals surface area contributed by atoms with Gasteiger partial charge in [-0.25, -0.2) is 0 Å². The third-order valence-electron chi connectivity index (χ3n) is 5.46. The molecule has 174 valence electrons. The summed E-state index contributed by atoms with van der Waals surface area (Å²) >= 11 is 0. The Kier molecular flexibility index (Phi) is 9.04. The van der Waals surface area contributed by atoms with Crippen molar-refractivity contribution in [1.29, 1.82) is 0 Å². The van der Waals surface area contributed by atoms with Crippen molar-refractivity contribution in [3.05, 3.63) is 53.1 Å². The fraction of sp³-hybridized carbons (Fsp3) is 0.480. The average molecular weight is 442 g/mol. The molecule has 1 aliphatic heterocycles. The highest BCUT2D eigenvalue weighted by atomic mass is 16.5. The highest BCUT2D eigenvalue weighted by Crippen LogP contribution is 2.28. The summed E-state index contributed by atoms with van der Waals surface area (Å²) in [6.45, 7) is 4.95. The summed E-state index contributed by atoms with van der Waals surface area (Å²) in [6.07, 6.45) is 2.97. The van der Waals surface area contributed by atoms with Crippen LogP contribution in [0.1, 0.15) is 29.5 Å². The second-order valence-corrected chi connectivity index (χ2v) is 7.86. The summed E-state index contributed by atoms with van der Waals surface area (Å²) in [5.41, 5.74) is 3.50. The molecule has 7 heteroatoms. The van der Waals surface area contributed by atoms with Crippen LogP contribution in [0.5, 0.6) is 17.2 Å². The van der Waals surface area contributed by atoms with Gasteiger partial charge in [0, 0.05) is 32.1 Å². The molecule has 0 amide bonds. The number of hydrogen-bond acceptors (Lipinski definition) is 5. The van der Waals surface area contributed by atoms with Crippen LogP contribution in [0, 0.1) is 6.92 Å². The lowest BCUT2D eigenvalue weighted by atomic mass is 10.1. The molecule has 7 nitrogen and oxygen atoms in total. The van der Waals surface area contributed by atoms with Gasteiger partial charge in [-0.15, -0.1) is 0 Å². The molecule has 1 heterocycles. The maximum Gasteiger partial charge on any atom is 0.191 e. The maximum atomic E-state index is 6.19. The number of ether oxygens (including phenoxy) is 4. The summed E-state index contributed by atoms with van der Waals surface area (Å²) in [4.78, 5) is 4.35. The van der Waals surface area contributed by atoms with E-state index in [4.69, 9.17) is 18.9 Å². The predicted molar refractivity (Wildman–Crippen MR) is 127 cm³/mol. The van der Waals surface area contributed by atoms with Crippen molar-refractivity contribution >= 4 is 5.96 Å². The maximum absolute atomic E-state index is 6.19. The number of nitrogens with zero attached hydrogens (tertiary/aromatic N) is 1. The Hall–Kier alpha value is -2.93. The third kappa shape index (κ3) is 6.79. The first-order chi connectivity index (χ1) is 15.6. The van der Waals surface area contributed by atoms with Gasteiger partial charge < -0.3 is 29.6 Å². The van der Waals surface area contributed by atoms with Gasteiger partial charge in [-0.2, -0.15) is 0 Å². The minimum Gasteiger partial charge on any atom is -0.493 e. The molecule has 0 radical (unpaired) electrons.